The van der Waals surface area contributed by atoms with Gasteiger partial charge in [0, 0.05) is 43.0 Å². The Bertz CT molecular complexity index is 1450. The number of benzene rings is 2. The van der Waals surface area contributed by atoms with Crippen molar-refractivity contribution in [1.82, 2.24) is 14.9 Å². The summed E-state index contributed by atoms with van der Waals surface area (Å²) >= 11 is 0. The summed E-state index contributed by atoms with van der Waals surface area (Å²) in [7, 11) is 1.35. The maximum Gasteiger partial charge on any atom is 0.338 e. The van der Waals surface area contributed by atoms with Crippen molar-refractivity contribution in [2.24, 2.45) is 0 Å². The van der Waals surface area contributed by atoms with E-state index >= 15 is 0 Å². The average Bonchev–Trinajstić information content (AvgIpc) is 3.44. The minimum absolute atomic E-state index is 0.0197. The van der Waals surface area contributed by atoms with Crippen molar-refractivity contribution in [3.05, 3.63) is 95.3 Å². The van der Waals surface area contributed by atoms with Crippen LogP contribution >= 0.6 is 0 Å². The third-order valence-corrected chi connectivity index (χ3v) is 7.14. The van der Waals surface area contributed by atoms with Crippen LogP contribution in [0.25, 0.3) is 11.0 Å². The molecule has 0 spiro atoms. The van der Waals surface area contributed by atoms with Crippen molar-refractivity contribution in [1.29, 1.82) is 0 Å². The quantitative estimate of drug-likeness (QED) is 0.343. The highest BCUT2D eigenvalue weighted by molar-refractivity contribution is 5.97. The number of esters is 1. The molecule has 5 rings (SSSR count). The number of amides is 2. The molecule has 1 saturated heterocycles. The molecule has 2 amide bonds. The molecular formula is C30H30N4O4. The summed E-state index contributed by atoms with van der Waals surface area (Å²) < 4.78 is 4.83. The fourth-order valence-corrected chi connectivity index (χ4v) is 5.01. The molecule has 1 aliphatic heterocycles. The van der Waals surface area contributed by atoms with E-state index in [1.165, 1.54) is 12.7 Å². The first-order valence-electron chi connectivity index (χ1n) is 12.8. The Hall–Kier alpha value is -4.46. The molecule has 8 nitrogen and oxygen atoms in total. The van der Waals surface area contributed by atoms with E-state index in [1.54, 1.807) is 18.3 Å². The fourth-order valence-electron chi connectivity index (χ4n) is 5.01. The van der Waals surface area contributed by atoms with Gasteiger partial charge in [0.1, 0.15) is 5.65 Å². The molecule has 38 heavy (non-hydrogen) atoms. The lowest BCUT2D eigenvalue weighted by atomic mass is 9.89. The van der Waals surface area contributed by atoms with Crippen LogP contribution in [0.2, 0.25) is 0 Å². The van der Waals surface area contributed by atoms with Crippen molar-refractivity contribution in [3.8, 4) is 0 Å². The topological polar surface area (TPSA) is 104 Å². The lowest BCUT2D eigenvalue weighted by molar-refractivity contribution is -0.116. The van der Waals surface area contributed by atoms with Gasteiger partial charge in [-0.2, -0.15) is 0 Å². The normalized spacial score (nSPS) is 13.9. The fraction of sp³-hybridized carbons (Fsp3) is 0.267. The Kier molecular flexibility index (Phi) is 7.49. The number of nitrogens with zero attached hydrogens (tertiary/aromatic N) is 2. The van der Waals surface area contributed by atoms with Gasteiger partial charge in [-0.1, -0.05) is 30.3 Å². The third-order valence-electron chi connectivity index (χ3n) is 7.14. The summed E-state index contributed by atoms with van der Waals surface area (Å²) in [6.45, 7) is 1.39. The van der Waals surface area contributed by atoms with Crippen molar-refractivity contribution in [2.45, 2.75) is 31.6 Å². The number of hydrogen-bond donors (Lipinski definition) is 2. The number of nitrogens with one attached hydrogen (secondary N) is 2. The number of carbonyl (C=O) groups is 3. The number of rotatable bonds is 7. The number of aryl methyl sites for hydroxylation is 1. The summed E-state index contributed by atoms with van der Waals surface area (Å²) in [5, 5.41) is 3.87. The lowest BCUT2D eigenvalue weighted by Crippen LogP contribution is -2.38. The van der Waals surface area contributed by atoms with Gasteiger partial charge in [0.05, 0.1) is 18.2 Å². The predicted octanol–water partition coefficient (Wildman–Crippen LogP) is 4.94. The molecular weight excluding hydrogens is 480 g/mol. The maximum absolute atomic E-state index is 13.0. The number of pyridine rings is 1. The van der Waals surface area contributed by atoms with Crippen molar-refractivity contribution in [2.75, 3.05) is 25.5 Å². The Morgan fingerprint density at radius 1 is 1.05 bits per heavy atom. The van der Waals surface area contributed by atoms with Gasteiger partial charge in [-0.25, -0.2) is 9.78 Å². The molecule has 2 aromatic carbocycles. The lowest BCUT2D eigenvalue weighted by Gasteiger charge is -2.32. The summed E-state index contributed by atoms with van der Waals surface area (Å²) in [5.41, 5.74) is 4.61. The molecule has 0 atom stereocenters. The zero-order chi connectivity index (χ0) is 26.5. The van der Waals surface area contributed by atoms with E-state index in [0.29, 0.717) is 36.6 Å². The predicted molar refractivity (Wildman–Crippen MR) is 145 cm³/mol. The first-order valence-corrected chi connectivity index (χ1v) is 12.8. The smallest absolute Gasteiger partial charge is 0.338 e. The van der Waals surface area contributed by atoms with Crippen molar-refractivity contribution >= 4 is 34.5 Å². The number of hydrogen-bond acceptors (Lipinski definition) is 5. The zero-order valence-electron chi connectivity index (χ0n) is 21.3. The van der Waals surface area contributed by atoms with Crippen LogP contribution in [0.4, 0.5) is 5.69 Å². The second-order valence-corrected chi connectivity index (χ2v) is 9.52. The largest absolute Gasteiger partial charge is 0.465 e. The number of carbonyl (C=O) groups excluding carboxylic acids is 3. The van der Waals surface area contributed by atoms with Gasteiger partial charge < -0.3 is 19.9 Å². The number of fused-ring (bicyclic) bond motifs is 1. The summed E-state index contributed by atoms with van der Waals surface area (Å²) in [6.07, 6.45) is 5.93. The van der Waals surface area contributed by atoms with E-state index in [1.807, 2.05) is 59.6 Å². The minimum Gasteiger partial charge on any atom is -0.465 e. The van der Waals surface area contributed by atoms with Crippen LogP contribution in [-0.4, -0.2) is 52.9 Å². The van der Waals surface area contributed by atoms with Gasteiger partial charge >= 0.3 is 5.97 Å². The number of ether oxygens (including phenoxy) is 1. The number of anilines is 1. The minimum atomic E-state index is -0.401. The Morgan fingerprint density at radius 2 is 1.82 bits per heavy atom. The van der Waals surface area contributed by atoms with Gasteiger partial charge in [-0.15, -0.1) is 0 Å². The van der Waals surface area contributed by atoms with E-state index in [4.69, 9.17) is 4.74 Å². The second kappa shape index (κ2) is 11.3. The second-order valence-electron chi connectivity index (χ2n) is 9.52. The zero-order valence-corrected chi connectivity index (χ0v) is 21.3. The Labute approximate surface area is 221 Å². The molecule has 194 valence electrons. The number of H-pyrrole nitrogens is 1. The molecule has 4 aromatic rings. The number of methoxy groups -OCH3 is 1. The van der Waals surface area contributed by atoms with Crippen LogP contribution < -0.4 is 5.32 Å². The van der Waals surface area contributed by atoms with Gasteiger partial charge in [0.25, 0.3) is 5.91 Å². The van der Waals surface area contributed by atoms with Crippen LogP contribution in [0.1, 0.15) is 57.0 Å². The van der Waals surface area contributed by atoms with Crippen LogP contribution in [0.3, 0.4) is 0 Å². The van der Waals surface area contributed by atoms with E-state index in [9.17, 15) is 14.4 Å². The standard InChI is InChI=1S/C30H30N4O4/c1-38-30(37)26-5-3-2-4-22(26)8-11-27(35)33-25-9-6-20(7-10-25)21-13-16-34(17-14-21)29(36)24-18-23-12-15-31-28(23)32-19-24/h2-7,9-10,12,15,18-19,21H,8,11,13-14,16-17H2,1H3,(H,31,32)(H,33,35). The molecule has 0 radical (unpaired) electrons. The average molecular weight is 511 g/mol. The van der Waals surface area contributed by atoms with E-state index in [2.05, 4.69) is 15.3 Å². The highest BCUT2D eigenvalue weighted by Gasteiger charge is 2.25. The van der Waals surface area contributed by atoms with Crippen LogP contribution in [0, 0.1) is 0 Å². The summed E-state index contributed by atoms with van der Waals surface area (Å²) in [5.74, 6) is -0.131. The first kappa shape index (κ1) is 25.2. The Morgan fingerprint density at radius 3 is 2.58 bits per heavy atom. The van der Waals surface area contributed by atoms with E-state index in [-0.39, 0.29) is 18.2 Å². The van der Waals surface area contributed by atoms with Crippen molar-refractivity contribution < 1.29 is 19.1 Å². The number of aromatic amines is 1. The molecule has 0 unspecified atom stereocenters. The Balaban J connectivity index is 1.12. The van der Waals surface area contributed by atoms with E-state index < -0.39 is 5.97 Å². The third kappa shape index (κ3) is 5.59. The highest BCUT2D eigenvalue weighted by Crippen LogP contribution is 2.30. The summed E-state index contributed by atoms with van der Waals surface area (Å²) in [6, 6.07) is 18.9. The number of likely N-dealkylation sites (tertiary alicyclic amines) is 1. The molecule has 2 N–H and O–H groups in total. The van der Waals surface area contributed by atoms with Gasteiger partial charge in [0.15, 0.2) is 0 Å². The van der Waals surface area contributed by atoms with E-state index in [0.717, 1.165) is 35.1 Å². The van der Waals surface area contributed by atoms with Crippen LogP contribution in [-0.2, 0) is 16.0 Å². The molecule has 0 aliphatic carbocycles. The van der Waals surface area contributed by atoms with Gasteiger partial charge in [-0.3, -0.25) is 9.59 Å². The van der Waals surface area contributed by atoms with Gasteiger partial charge in [0.2, 0.25) is 5.91 Å². The van der Waals surface area contributed by atoms with Crippen LogP contribution in [0.15, 0.2) is 73.1 Å². The van der Waals surface area contributed by atoms with Crippen molar-refractivity contribution in [3.63, 3.8) is 0 Å². The molecule has 0 saturated carbocycles. The van der Waals surface area contributed by atoms with Crippen LogP contribution in [0.5, 0.6) is 0 Å². The molecule has 1 fully saturated rings. The number of piperidine rings is 1. The first-order chi connectivity index (χ1) is 18.5. The SMILES string of the molecule is COC(=O)c1ccccc1CCC(=O)Nc1ccc(C2CCN(C(=O)c3cnc4[nH]ccc4c3)CC2)cc1. The molecule has 1 aliphatic rings. The summed E-state index contributed by atoms with van der Waals surface area (Å²) in [4.78, 5) is 46.7. The number of aromatic nitrogens is 2. The monoisotopic (exact) mass is 510 g/mol. The molecule has 2 aromatic heterocycles. The molecule has 3 heterocycles. The molecule has 8 heteroatoms. The highest BCUT2D eigenvalue weighted by atomic mass is 16.5. The van der Waals surface area contributed by atoms with Gasteiger partial charge in [-0.05, 0) is 66.6 Å². The molecule has 0 bridgehead atoms. The maximum atomic E-state index is 13.0.